The van der Waals surface area contributed by atoms with Crippen LogP contribution in [-0.4, -0.2) is 74.8 Å². The number of benzene rings is 1. The van der Waals surface area contributed by atoms with E-state index in [2.05, 4.69) is 30.7 Å². The summed E-state index contributed by atoms with van der Waals surface area (Å²) in [5, 5.41) is 14.2. The number of aromatic amines is 1. The molecule has 4 heterocycles. The molecular weight excluding hydrogens is 452 g/mol. The van der Waals surface area contributed by atoms with Gasteiger partial charge in [-0.15, -0.1) is 0 Å². The van der Waals surface area contributed by atoms with Gasteiger partial charge in [-0.2, -0.15) is 5.10 Å². The summed E-state index contributed by atoms with van der Waals surface area (Å²) in [6.45, 7) is 6.75. The van der Waals surface area contributed by atoms with E-state index in [9.17, 15) is 4.79 Å². The summed E-state index contributed by atoms with van der Waals surface area (Å²) in [5.74, 6) is 1.24. The molecule has 3 aromatic heterocycles. The van der Waals surface area contributed by atoms with E-state index in [4.69, 9.17) is 9.72 Å². The highest BCUT2D eigenvalue weighted by Crippen LogP contribution is 2.29. The fraction of sp³-hybridized carbons (Fsp3) is 0.304. The van der Waals surface area contributed by atoms with Gasteiger partial charge >= 0.3 is 0 Å². The molecule has 0 saturated carbocycles. The normalized spacial score (nSPS) is 14.4. The maximum absolute atomic E-state index is 12.5. The van der Waals surface area contributed by atoms with Crippen LogP contribution in [0, 0.1) is 6.92 Å². The van der Waals surface area contributed by atoms with Gasteiger partial charge in [0.2, 0.25) is 5.95 Å². The van der Waals surface area contributed by atoms with Crippen molar-refractivity contribution in [3.05, 3.63) is 60.0 Å². The van der Waals surface area contributed by atoms with Crippen LogP contribution in [0.5, 0.6) is 0 Å². The quantitative estimate of drug-likeness (QED) is 0.332. The molecule has 0 spiro atoms. The van der Waals surface area contributed by atoms with Gasteiger partial charge in [-0.05, 0) is 31.2 Å². The number of imidazole rings is 1. The third kappa shape index (κ3) is 5.38. The van der Waals surface area contributed by atoms with Crippen molar-refractivity contribution >= 4 is 35.1 Å². The maximum Gasteiger partial charge on any atom is 0.251 e. The molecule has 1 aliphatic rings. The first-order valence-corrected chi connectivity index (χ1v) is 11.9. The van der Waals surface area contributed by atoms with Crippen molar-refractivity contribution in [2.75, 3.05) is 44.7 Å². The number of hydrogen-bond donors (Lipinski definition) is 3. The van der Waals surface area contributed by atoms with Crippen LogP contribution in [0.4, 0.5) is 11.8 Å². The van der Waals surface area contributed by atoms with E-state index in [0.717, 1.165) is 54.1 Å². The first-order valence-electron chi connectivity index (χ1n) is 11.1. The number of nitrogens with zero attached hydrogens (tertiary/aromatic N) is 5. The largest absolute Gasteiger partial charge is 0.379 e. The summed E-state index contributed by atoms with van der Waals surface area (Å²) >= 11 is 1.51. The van der Waals surface area contributed by atoms with E-state index >= 15 is 0 Å². The monoisotopic (exact) mass is 478 g/mol. The molecule has 0 radical (unpaired) electrons. The number of amides is 1. The number of carbonyl (C=O) groups excluding carboxylic acids is 1. The fourth-order valence-electron chi connectivity index (χ4n) is 3.69. The third-order valence-electron chi connectivity index (χ3n) is 5.47. The van der Waals surface area contributed by atoms with Crippen LogP contribution in [0.2, 0.25) is 0 Å². The summed E-state index contributed by atoms with van der Waals surface area (Å²) < 4.78 is 7.23. The van der Waals surface area contributed by atoms with Gasteiger partial charge in [0.15, 0.2) is 5.82 Å². The predicted molar refractivity (Wildman–Crippen MR) is 130 cm³/mol. The van der Waals surface area contributed by atoms with Crippen LogP contribution >= 0.6 is 11.8 Å². The lowest BCUT2D eigenvalue weighted by atomic mass is 10.2. The van der Waals surface area contributed by atoms with Gasteiger partial charge in [-0.3, -0.25) is 19.2 Å². The number of nitrogens with one attached hydrogen (secondary N) is 3. The zero-order valence-corrected chi connectivity index (χ0v) is 19.6. The smallest absolute Gasteiger partial charge is 0.251 e. The molecule has 1 aliphatic heterocycles. The molecule has 1 saturated heterocycles. The Bertz CT molecular complexity index is 1260. The highest BCUT2D eigenvalue weighted by molar-refractivity contribution is 7.99. The molecule has 4 aromatic rings. The zero-order valence-electron chi connectivity index (χ0n) is 18.8. The number of aromatic nitrogens is 5. The van der Waals surface area contributed by atoms with E-state index in [1.165, 1.54) is 11.8 Å². The minimum absolute atomic E-state index is 0.0671. The molecule has 3 N–H and O–H groups in total. The van der Waals surface area contributed by atoms with Gasteiger partial charge in [-0.1, -0.05) is 11.8 Å². The minimum atomic E-state index is -0.0671. The molecule has 34 heavy (non-hydrogen) atoms. The fourth-order valence-corrected chi connectivity index (χ4v) is 4.50. The summed E-state index contributed by atoms with van der Waals surface area (Å²) in [5.41, 5.74) is 2.38. The summed E-state index contributed by atoms with van der Waals surface area (Å²) in [7, 11) is 0. The van der Waals surface area contributed by atoms with E-state index in [1.54, 1.807) is 6.20 Å². The summed E-state index contributed by atoms with van der Waals surface area (Å²) in [6, 6.07) is 11.4. The second-order valence-corrected chi connectivity index (χ2v) is 9.06. The lowest BCUT2D eigenvalue weighted by molar-refractivity contribution is 0.0383. The number of H-pyrrole nitrogens is 1. The standard InChI is InChI=1S/C23H26N8O2S/c1-16-14-19(29-28-16)26-23-27-21(15-20-24-7-9-31(20)23)34-18-4-2-17(3-5-18)22(32)25-6-8-30-10-12-33-13-11-30/h2-5,7,9,14-15H,6,8,10-13H2,1H3,(H,25,32)(H2,26,27,28,29). The van der Waals surface area contributed by atoms with Gasteiger partial charge in [0.05, 0.1) is 13.2 Å². The molecule has 5 rings (SSSR count). The van der Waals surface area contributed by atoms with Crippen molar-refractivity contribution in [2.24, 2.45) is 0 Å². The first-order chi connectivity index (χ1) is 16.6. The molecule has 0 bridgehead atoms. The van der Waals surface area contributed by atoms with Crippen molar-refractivity contribution < 1.29 is 9.53 Å². The molecule has 11 heteroatoms. The Hall–Kier alpha value is -3.41. The number of morpholine rings is 1. The Morgan fingerprint density at radius 3 is 2.79 bits per heavy atom. The van der Waals surface area contributed by atoms with E-state index < -0.39 is 0 Å². The third-order valence-corrected chi connectivity index (χ3v) is 6.39. The highest BCUT2D eigenvalue weighted by Gasteiger charge is 2.12. The van der Waals surface area contributed by atoms with Crippen LogP contribution in [0.1, 0.15) is 16.1 Å². The minimum Gasteiger partial charge on any atom is -0.379 e. The first kappa shape index (κ1) is 22.4. The Kier molecular flexibility index (Phi) is 6.74. The molecule has 1 aromatic carbocycles. The van der Waals surface area contributed by atoms with Crippen molar-refractivity contribution in [3.63, 3.8) is 0 Å². The van der Waals surface area contributed by atoms with Crippen LogP contribution in [0.3, 0.4) is 0 Å². The second kappa shape index (κ2) is 10.2. The molecule has 1 fully saturated rings. The molecule has 0 unspecified atom stereocenters. The summed E-state index contributed by atoms with van der Waals surface area (Å²) in [4.78, 5) is 24.9. The zero-order chi connectivity index (χ0) is 23.3. The van der Waals surface area contributed by atoms with Gasteiger partial charge in [-0.25, -0.2) is 9.97 Å². The van der Waals surface area contributed by atoms with Crippen LogP contribution in [0.15, 0.2) is 58.7 Å². The Morgan fingerprint density at radius 2 is 2.03 bits per heavy atom. The molecule has 10 nitrogen and oxygen atoms in total. The van der Waals surface area contributed by atoms with Crippen LogP contribution in [0.25, 0.3) is 5.65 Å². The van der Waals surface area contributed by atoms with E-state index in [-0.39, 0.29) is 5.91 Å². The van der Waals surface area contributed by atoms with Crippen LogP contribution in [-0.2, 0) is 4.74 Å². The molecule has 0 aliphatic carbocycles. The van der Waals surface area contributed by atoms with Crippen molar-refractivity contribution in [2.45, 2.75) is 16.8 Å². The lowest BCUT2D eigenvalue weighted by Gasteiger charge is -2.26. The number of carbonyl (C=O) groups is 1. The number of hydrogen-bond acceptors (Lipinski definition) is 8. The van der Waals surface area contributed by atoms with Crippen LogP contribution < -0.4 is 10.6 Å². The highest BCUT2D eigenvalue weighted by atomic mass is 32.2. The predicted octanol–water partition coefficient (Wildman–Crippen LogP) is 2.72. The Morgan fingerprint density at radius 1 is 1.21 bits per heavy atom. The number of anilines is 2. The number of fused-ring (bicyclic) bond motifs is 1. The van der Waals surface area contributed by atoms with Gasteiger partial charge in [0.1, 0.15) is 10.7 Å². The van der Waals surface area contributed by atoms with E-state index in [0.29, 0.717) is 23.9 Å². The van der Waals surface area contributed by atoms with Crippen molar-refractivity contribution in [1.29, 1.82) is 0 Å². The van der Waals surface area contributed by atoms with Gasteiger partial charge in [0.25, 0.3) is 5.91 Å². The Labute approximate surface area is 201 Å². The summed E-state index contributed by atoms with van der Waals surface area (Å²) in [6.07, 6.45) is 3.59. The lowest BCUT2D eigenvalue weighted by Crippen LogP contribution is -2.41. The number of aryl methyl sites for hydroxylation is 1. The number of ether oxygens (including phenoxy) is 1. The second-order valence-electron chi connectivity index (χ2n) is 7.97. The van der Waals surface area contributed by atoms with Crippen molar-refractivity contribution in [1.82, 2.24) is 34.8 Å². The Balaban J connectivity index is 1.22. The average molecular weight is 479 g/mol. The topological polar surface area (TPSA) is 112 Å². The molecular formula is C23H26N8O2S. The SMILES string of the molecule is Cc1cc(Nc2nc(Sc3ccc(C(=O)NCCN4CCOCC4)cc3)cc3nccn23)n[nH]1. The molecule has 0 atom stereocenters. The van der Waals surface area contributed by atoms with Crippen molar-refractivity contribution in [3.8, 4) is 0 Å². The van der Waals surface area contributed by atoms with E-state index in [1.807, 2.05) is 53.9 Å². The number of rotatable bonds is 8. The van der Waals surface area contributed by atoms with Gasteiger partial charge in [0, 0.05) is 66.9 Å². The maximum atomic E-state index is 12.5. The van der Waals surface area contributed by atoms with Gasteiger partial charge < -0.3 is 15.4 Å². The average Bonchev–Trinajstić information content (AvgIpc) is 3.49. The molecule has 176 valence electrons. The molecule has 1 amide bonds.